The second-order valence-corrected chi connectivity index (χ2v) is 4.75. The highest BCUT2D eigenvalue weighted by molar-refractivity contribution is 5.69. The molecule has 0 amide bonds. The molecule has 0 aromatic heterocycles. The van der Waals surface area contributed by atoms with E-state index in [-0.39, 0.29) is 0 Å². The predicted octanol–water partition coefficient (Wildman–Crippen LogP) is 2.24. The Morgan fingerprint density at radius 3 is 2.59 bits per heavy atom. The van der Waals surface area contributed by atoms with Gasteiger partial charge < -0.3 is 14.8 Å². The first kappa shape index (κ1) is 18.3. The first-order chi connectivity index (χ1) is 10.6. The summed E-state index contributed by atoms with van der Waals surface area (Å²) in [5.41, 5.74) is 2.16. The van der Waals surface area contributed by atoms with Crippen molar-refractivity contribution < 1.29 is 18.7 Å². The van der Waals surface area contributed by atoms with Gasteiger partial charge in [-0.3, -0.25) is 4.79 Å². The van der Waals surface area contributed by atoms with Gasteiger partial charge in [-0.15, -0.1) is 0 Å². The molecule has 0 radical (unpaired) electrons. The molecule has 1 unspecified atom stereocenters. The summed E-state index contributed by atoms with van der Waals surface area (Å²) >= 11 is 0. The Bertz CT molecular complexity index is 505. The molecule has 0 aliphatic carbocycles. The molecule has 1 aromatic rings. The lowest BCUT2D eigenvalue weighted by atomic mass is 10.1. The van der Waals surface area contributed by atoms with Crippen molar-refractivity contribution >= 4 is 6.04 Å². The zero-order valence-corrected chi connectivity index (χ0v) is 13.0. The Kier molecular flexibility index (Phi) is 9.08. The van der Waals surface area contributed by atoms with Crippen molar-refractivity contribution in [3.05, 3.63) is 35.4 Å². The fourth-order valence-electron chi connectivity index (χ4n) is 1.70. The van der Waals surface area contributed by atoms with E-state index >= 15 is 0 Å². The smallest absolute Gasteiger partial charge is 0.326 e. The molecule has 0 spiro atoms. The molecule has 4 nitrogen and oxygen atoms in total. The minimum absolute atomic E-state index is 0.300. The maximum absolute atomic E-state index is 11.8. The molecule has 0 saturated heterocycles. The monoisotopic (exact) mass is 307 g/mol. The van der Waals surface area contributed by atoms with Crippen LogP contribution in [0.5, 0.6) is 0 Å². The highest BCUT2D eigenvalue weighted by Crippen LogP contribution is 2.11. The van der Waals surface area contributed by atoms with E-state index in [0.717, 1.165) is 5.56 Å². The van der Waals surface area contributed by atoms with Crippen LogP contribution < -0.4 is 5.32 Å². The number of carbonyl (C=O) groups is 1. The molecule has 1 N–H and O–H groups in total. The third-order valence-corrected chi connectivity index (χ3v) is 3.04. The van der Waals surface area contributed by atoms with E-state index in [2.05, 4.69) is 36.2 Å². The predicted molar refractivity (Wildman–Crippen MR) is 83.2 cm³/mol. The summed E-state index contributed by atoms with van der Waals surface area (Å²) in [7, 11) is 1.93. The molecule has 0 aliphatic rings. The van der Waals surface area contributed by atoms with E-state index in [1.165, 1.54) is 5.56 Å². The SMILES string of the molecule is CNC(C)c1ccc(C#CCOCCCOCC(=O)F)cc1. The lowest BCUT2D eigenvalue weighted by Crippen LogP contribution is -2.11. The Balaban J connectivity index is 2.18. The fourth-order valence-corrected chi connectivity index (χ4v) is 1.70. The van der Waals surface area contributed by atoms with Crippen LogP contribution in [-0.4, -0.2) is 39.5 Å². The summed E-state index contributed by atoms with van der Waals surface area (Å²) in [5.74, 6) is 5.96. The number of benzene rings is 1. The van der Waals surface area contributed by atoms with Crippen molar-refractivity contribution in [1.29, 1.82) is 0 Å². The average Bonchev–Trinajstić information content (AvgIpc) is 2.53. The summed E-state index contributed by atoms with van der Waals surface area (Å²) in [6.07, 6.45) is 0.603. The van der Waals surface area contributed by atoms with Crippen LogP contribution in [0.1, 0.15) is 30.5 Å². The van der Waals surface area contributed by atoms with Crippen molar-refractivity contribution in [2.75, 3.05) is 33.5 Å². The zero-order valence-electron chi connectivity index (χ0n) is 13.0. The normalized spacial score (nSPS) is 11.6. The molecule has 0 bridgehead atoms. The largest absolute Gasteiger partial charge is 0.371 e. The van der Waals surface area contributed by atoms with Gasteiger partial charge in [0, 0.05) is 18.2 Å². The van der Waals surface area contributed by atoms with Crippen LogP contribution >= 0.6 is 0 Å². The van der Waals surface area contributed by atoms with E-state index < -0.39 is 12.6 Å². The van der Waals surface area contributed by atoms with Crippen LogP contribution in [-0.2, 0) is 14.3 Å². The number of ether oxygens (including phenoxy) is 2. The molecule has 0 fully saturated rings. The zero-order chi connectivity index (χ0) is 16.2. The Morgan fingerprint density at radius 1 is 1.27 bits per heavy atom. The van der Waals surface area contributed by atoms with Gasteiger partial charge in [-0.2, -0.15) is 4.39 Å². The number of halogens is 1. The van der Waals surface area contributed by atoms with Gasteiger partial charge in [0.2, 0.25) is 0 Å². The van der Waals surface area contributed by atoms with E-state index in [0.29, 0.717) is 32.3 Å². The van der Waals surface area contributed by atoms with E-state index in [1.54, 1.807) is 0 Å². The molecule has 0 heterocycles. The Hall–Kier alpha value is -1.74. The summed E-state index contributed by atoms with van der Waals surface area (Å²) in [4.78, 5) is 9.98. The lowest BCUT2D eigenvalue weighted by Gasteiger charge is -2.09. The van der Waals surface area contributed by atoms with Gasteiger partial charge >= 0.3 is 6.04 Å². The van der Waals surface area contributed by atoms with Gasteiger partial charge in [0.05, 0.1) is 6.61 Å². The van der Waals surface area contributed by atoms with Gasteiger partial charge in [0.25, 0.3) is 0 Å². The highest BCUT2D eigenvalue weighted by Gasteiger charge is 2.00. The van der Waals surface area contributed by atoms with Crippen LogP contribution in [0, 0.1) is 11.8 Å². The van der Waals surface area contributed by atoms with Gasteiger partial charge in [-0.05, 0) is 38.1 Å². The second kappa shape index (κ2) is 10.9. The number of hydrogen-bond acceptors (Lipinski definition) is 4. The van der Waals surface area contributed by atoms with Crippen molar-refractivity contribution in [3.8, 4) is 11.8 Å². The lowest BCUT2D eigenvalue weighted by molar-refractivity contribution is -0.134. The molecule has 5 heteroatoms. The van der Waals surface area contributed by atoms with Crippen LogP contribution in [0.2, 0.25) is 0 Å². The van der Waals surface area contributed by atoms with E-state index in [4.69, 9.17) is 9.47 Å². The summed E-state index contributed by atoms with van der Waals surface area (Å²) < 4.78 is 21.9. The molecule has 1 rings (SSSR count). The fraction of sp³-hybridized carbons (Fsp3) is 0.471. The molecular weight excluding hydrogens is 285 g/mol. The number of nitrogens with one attached hydrogen (secondary N) is 1. The van der Waals surface area contributed by atoms with E-state index in [9.17, 15) is 9.18 Å². The standard InChI is InChI=1S/C17H22FNO3/c1-14(19-2)16-8-6-15(7-9-16)5-3-10-21-11-4-12-22-13-17(18)20/h6-9,14,19H,4,10-13H2,1-2H3. The summed E-state index contributed by atoms with van der Waals surface area (Å²) in [6, 6.07) is 6.93. The topological polar surface area (TPSA) is 47.6 Å². The maximum atomic E-state index is 11.8. The summed E-state index contributed by atoms with van der Waals surface area (Å²) in [5, 5.41) is 3.18. The molecule has 1 aromatic carbocycles. The molecule has 0 saturated carbocycles. The third-order valence-electron chi connectivity index (χ3n) is 3.04. The van der Waals surface area contributed by atoms with Crippen molar-refractivity contribution in [3.63, 3.8) is 0 Å². The highest BCUT2D eigenvalue weighted by atomic mass is 19.1. The first-order valence-electron chi connectivity index (χ1n) is 7.23. The van der Waals surface area contributed by atoms with Gasteiger partial charge in [-0.25, -0.2) is 0 Å². The maximum Gasteiger partial charge on any atom is 0.326 e. The first-order valence-corrected chi connectivity index (χ1v) is 7.23. The Morgan fingerprint density at radius 2 is 1.95 bits per heavy atom. The number of hydrogen-bond donors (Lipinski definition) is 1. The van der Waals surface area contributed by atoms with Crippen LogP contribution in [0.25, 0.3) is 0 Å². The number of carbonyl (C=O) groups excluding carboxylic acids is 1. The molecule has 0 aliphatic heterocycles. The minimum atomic E-state index is -1.46. The van der Waals surface area contributed by atoms with Gasteiger partial charge in [0.15, 0.2) is 0 Å². The molecule has 1 atom stereocenters. The third kappa shape index (κ3) is 7.89. The summed E-state index contributed by atoms with van der Waals surface area (Å²) in [6.45, 7) is 2.71. The van der Waals surface area contributed by atoms with Crippen molar-refractivity contribution in [1.82, 2.24) is 5.32 Å². The number of rotatable bonds is 9. The van der Waals surface area contributed by atoms with Gasteiger partial charge in [-0.1, -0.05) is 24.0 Å². The van der Waals surface area contributed by atoms with Crippen LogP contribution in [0.15, 0.2) is 24.3 Å². The van der Waals surface area contributed by atoms with Crippen LogP contribution in [0.3, 0.4) is 0 Å². The minimum Gasteiger partial charge on any atom is -0.371 e. The van der Waals surface area contributed by atoms with E-state index in [1.807, 2.05) is 19.2 Å². The van der Waals surface area contributed by atoms with Crippen LogP contribution in [0.4, 0.5) is 4.39 Å². The second-order valence-electron chi connectivity index (χ2n) is 4.75. The molecule has 120 valence electrons. The van der Waals surface area contributed by atoms with Gasteiger partial charge in [0.1, 0.15) is 13.2 Å². The average molecular weight is 307 g/mol. The van der Waals surface area contributed by atoms with Crippen molar-refractivity contribution in [2.45, 2.75) is 19.4 Å². The Labute approximate surface area is 131 Å². The quantitative estimate of drug-likeness (QED) is 0.432. The van der Waals surface area contributed by atoms with Crippen molar-refractivity contribution in [2.24, 2.45) is 0 Å². The molecule has 22 heavy (non-hydrogen) atoms. The molecular formula is C17H22FNO3.